The highest BCUT2D eigenvalue weighted by Gasteiger charge is 2.19. The zero-order valence-electron chi connectivity index (χ0n) is 10.3. The second-order valence-corrected chi connectivity index (χ2v) is 5.57. The van der Waals surface area contributed by atoms with Gasteiger partial charge in [-0.2, -0.15) is 0 Å². The highest BCUT2D eigenvalue weighted by molar-refractivity contribution is 7.99. The molecule has 1 fully saturated rings. The highest BCUT2D eigenvalue weighted by Crippen LogP contribution is 2.26. The van der Waals surface area contributed by atoms with Gasteiger partial charge < -0.3 is 5.32 Å². The van der Waals surface area contributed by atoms with Crippen molar-refractivity contribution in [3.8, 4) is 0 Å². The molecule has 0 atom stereocenters. The van der Waals surface area contributed by atoms with Crippen molar-refractivity contribution in [2.24, 2.45) is 0 Å². The van der Waals surface area contributed by atoms with Crippen LogP contribution in [-0.4, -0.2) is 16.0 Å². The summed E-state index contributed by atoms with van der Waals surface area (Å²) in [7, 11) is 0. The Balaban J connectivity index is 1.63. The van der Waals surface area contributed by atoms with E-state index in [0.717, 1.165) is 12.1 Å². The molecule has 1 heterocycles. The molecule has 1 saturated carbocycles. The molecule has 1 N–H and O–H groups in total. The summed E-state index contributed by atoms with van der Waals surface area (Å²) in [6, 6.07) is 7.32. The minimum Gasteiger partial charge on any atom is -0.310 e. The van der Waals surface area contributed by atoms with E-state index in [2.05, 4.69) is 15.3 Å². The fourth-order valence-corrected chi connectivity index (χ4v) is 2.38. The van der Waals surface area contributed by atoms with E-state index in [9.17, 15) is 4.39 Å². The Morgan fingerprint density at radius 2 is 1.95 bits per heavy atom. The molecule has 1 aromatic carbocycles. The maximum atomic E-state index is 13.5. The van der Waals surface area contributed by atoms with Crippen LogP contribution >= 0.6 is 11.8 Å². The van der Waals surface area contributed by atoms with Crippen LogP contribution in [0.5, 0.6) is 0 Å². The number of benzene rings is 1. The molecule has 0 aliphatic heterocycles. The smallest absolute Gasteiger partial charge is 0.192 e. The van der Waals surface area contributed by atoms with Crippen LogP contribution in [0.3, 0.4) is 0 Å². The summed E-state index contributed by atoms with van der Waals surface area (Å²) in [5.74, 6) is -0.240. The van der Waals surface area contributed by atoms with E-state index in [-0.39, 0.29) is 5.82 Å². The van der Waals surface area contributed by atoms with Crippen LogP contribution in [0, 0.1) is 5.82 Å². The lowest BCUT2D eigenvalue weighted by molar-refractivity contribution is 0.601. The molecular formula is C14H14FN3S. The summed E-state index contributed by atoms with van der Waals surface area (Å²) in [5.41, 5.74) is 1.06. The van der Waals surface area contributed by atoms with Gasteiger partial charge in [-0.25, -0.2) is 14.4 Å². The van der Waals surface area contributed by atoms with Crippen LogP contribution in [0.4, 0.5) is 4.39 Å². The van der Waals surface area contributed by atoms with Crippen molar-refractivity contribution in [1.29, 1.82) is 0 Å². The SMILES string of the molecule is Fc1ccccc1Sc1ncc(CNC2CC2)cn1. The Morgan fingerprint density at radius 3 is 2.63 bits per heavy atom. The summed E-state index contributed by atoms with van der Waals surface area (Å²) in [6.45, 7) is 0.801. The monoisotopic (exact) mass is 275 g/mol. The van der Waals surface area contributed by atoms with Crippen LogP contribution in [0.1, 0.15) is 18.4 Å². The van der Waals surface area contributed by atoms with Crippen molar-refractivity contribution in [3.05, 3.63) is 48.0 Å². The third-order valence-corrected chi connectivity index (χ3v) is 3.84. The zero-order valence-corrected chi connectivity index (χ0v) is 11.2. The van der Waals surface area contributed by atoms with Crippen LogP contribution in [0.25, 0.3) is 0 Å². The third kappa shape index (κ3) is 3.52. The van der Waals surface area contributed by atoms with Crippen LogP contribution in [-0.2, 0) is 6.54 Å². The molecule has 3 nitrogen and oxygen atoms in total. The summed E-state index contributed by atoms with van der Waals surface area (Å²) < 4.78 is 13.5. The molecule has 0 saturated heterocycles. The van der Waals surface area contributed by atoms with Gasteiger partial charge in [0.25, 0.3) is 0 Å². The highest BCUT2D eigenvalue weighted by atomic mass is 32.2. The van der Waals surface area contributed by atoms with Gasteiger partial charge in [-0.05, 0) is 36.7 Å². The molecule has 98 valence electrons. The van der Waals surface area contributed by atoms with Gasteiger partial charge in [-0.15, -0.1) is 0 Å². The molecule has 1 aromatic heterocycles. The minimum atomic E-state index is -0.240. The van der Waals surface area contributed by atoms with Crippen molar-refractivity contribution in [3.63, 3.8) is 0 Å². The Kier molecular flexibility index (Phi) is 3.75. The van der Waals surface area contributed by atoms with Crippen LogP contribution in [0.2, 0.25) is 0 Å². The van der Waals surface area contributed by atoms with Gasteiger partial charge in [-0.3, -0.25) is 0 Å². The lowest BCUT2D eigenvalue weighted by atomic mass is 10.3. The quantitative estimate of drug-likeness (QED) is 0.851. The topological polar surface area (TPSA) is 37.8 Å². The fraction of sp³-hybridized carbons (Fsp3) is 0.286. The molecule has 0 radical (unpaired) electrons. The normalized spacial score (nSPS) is 14.6. The van der Waals surface area contributed by atoms with Crippen molar-refractivity contribution in [2.45, 2.75) is 35.5 Å². The van der Waals surface area contributed by atoms with E-state index >= 15 is 0 Å². The van der Waals surface area contributed by atoms with Gasteiger partial charge in [0.2, 0.25) is 0 Å². The van der Waals surface area contributed by atoms with Crippen molar-refractivity contribution < 1.29 is 4.39 Å². The van der Waals surface area contributed by atoms with Gasteiger partial charge in [-0.1, -0.05) is 12.1 Å². The first kappa shape index (κ1) is 12.6. The maximum Gasteiger partial charge on any atom is 0.192 e. The first-order valence-electron chi connectivity index (χ1n) is 6.28. The molecule has 0 amide bonds. The first-order valence-corrected chi connectivity index (χ1v) is 7.09. The van der Waals surface area contributed by atoms with Gasteiger partial charge in [0.15, 0.2) is 5.16 Å². The Morgan fingerprint density at radius 1 is 1.21 bits per heavy atom. The average Bonchev–Trinajstić information content (AvgIpc) is 3.25. The standard InChI is InChI=1S/C14H14FN3S/c15-12-3-1-2-4-13(12)19-14-17-8-10(9-18-14)7-16-11-5-6-11/h1-4,8-9,11,16H,5-7H2. The molecule has 2 aromatic rings. The van der Waals surface area contributed by atoms with E-state index in [0.29, 0.717) is 16.1 Å². The molecule has 0 spiro atoms. The van der Waals surface area contributed by atoms with Gasteiger partial charge in [0.05, 0.1) is 4.90 Å². The molecule has 3 rings (SSSR count). The van der Waals surface area contributed by atoms with Crippen molar-refractivity contribution >= 4 is 11.8 Å². The Labute approximate surface area is 115 Å². The van der Waals surface area contributed by atoms with E-state index in [1.807, 2.05) is 0 Å². The molecule has 19 heavy (non-hydrogen) atoms. The van der Waals surface area contributed by atoms with E-state index in [4.69, 9.17) is 0 Å². The van der Waals surface area contributed by atoms with Gasteiger partial charge in [0.1, 0.15) is 5.82 Å². The van der Waals surface area contributed by atoms with E-state index in [1.54, 1.807) is 30.6 Å². The lowest BCUT2D eigenvalue weighted by Gasteiger charge is -2.04. The van der Waals surface area contributed by atoms with Crippen LogP contribution in [0.15, 0.2) is 46.7 Å². The summed E-state index contributed by atoms with van der Waals surface area (Å²) in [4.78, 5) is 9.06. The molecule has 1 aliphatic rings. The second kappa shape index (κ2) is 5.67. The fourth-order valence-electron chi connectivity index (χ4n) is 1.66. The number of aromatic nitrogens is 2. The number of rotatable bonds is 5. The van der Waals surface area contributed by atoms with E-state index < -0.39 is 0 Å². The summed E-state index contributed by atoms with van der Waals surface area (Å²) in [5, 5.41) is 3.97. The number of hydrogen-bond donors (Lipinski definition) is 1. The Bertz CT molecular complexity index is 555. The van der Waals surface area contributed by atoms with E-state index in [1.165, 1.54) is 30.7 Å². The van der Waals surface area contributed by atoms with Crippen molar-refractivity contribution in [1.82, 2.24) is 15.3 Å². The predicted octanol–water partition coefficient (Wildman–Crippen LogP) is 3.02. The minimum absolute atomic E-state index is 0.240. The average molecular weight is 275 g/mol. The third-order valence-electron chi connectivity index (χ3n) is 2.89. The molecule has 0 unspecified atom stereocenters. The van der Waals surface area contributed by atoms with Crippen molar-refractivity contribution in [2.75, 3.05) is 0 Å². The number of halogens is 1. The first-order chi connectivity index (χ1) is 9.31. The molecule has 5 heteroatoms. The predicted molar refractivity (Wildman–Crippen MR) is 72.4 cm³/mol. The number of nitrogens with zero attached hydrogens (tertiary/aromatic N) is 2. The second-order valence-electron chi connectivity index (χ2n) is 4.56. The molecule has 0 bridgehead atoms. The van der Waals surface area contributed by atoms with Gasteiger partial charge in [0, 0.05) is 30.5 Å². The van der Waals surface area contributed by atoms with Gasteiger partial charge >= 0.3 is 0 Å². The lowest BCUT2D eigenvalue weighted by Crippen LogP contribution is -2.15. The number of hydrogen-bond acceptors (Lipinski definition) is 4. The molecular weight excluding hydrogens is 261 g/mol. The summed E-state index contributed by atoms with van der Waals surface area (Å²) in [6.07, 6.45) is 6.13. The largest absolute Gasteiger partial charge is 0.310 e. The molecule has 1 aliphatic carbocycles. The number of nitrogens with one attached hydrogen (secondary N) is 1. The Hall–Kier alpha value is -1.46. The summed E-state index contributed by atoms with van der Waals surface area (Å²) >= 11 is 1.24. The van der Waals surface area contributed by atoms with Crippen LogP contribution < -0.4 is 5.32 Å². The zero-order chi connectivity index (χ0) is 13.1. The maximum absolute atomic E-state index is 13.5.